The molecule has 3 aromatic carbocycles. The molecular formula is C28H24ClN5O2S. The number of amides is 1. The number of hydrogen-bond donors (Lipinski definition) is 1. The van der Waals surface area contributed by atoms with Crippen LogP contribution in [0, 0.1) is 0 Å². The van der Waals surface area contributed by atoms with Gasteiger partial charge in [0.05, 0.1) is 11.4 Å². The van der Waals surface area contributed by atoms with E-state index in [9.17, 15) is 9.59 Å². The second-order valence-electron chi connectivity index (χ2n) is 8.90. The molecule has 1 amide bonds. The van der Waals surface area contributed by atoms with Crippen LogP contribution >= 0.6 is 23.4 Å². The Bertz CT molecular complexity index is 1660. The molecule has 0 saturated carbocycles. The Hall–Kier alpha value is -3.75. The van der Waals surface area contributed by atoms with E-state index in [0.29, 0.717) is 40.0 Å². The first-order valence-corrected chi connectivity index (χ1v) is 13.4. The van der Waals surface area contributed by atoms with Gasteiger partial charge in [-0.3, -0.25) is 14.2 Å². The number of hydrogen-bond acceptors (Lipinski definition) is 5. The summed E-state index contributed by atoms with van der Waals surface area (Å²) in [5.41, 5.74) is 3.42. The van der Waals surface area contributed by atoms with Crippen molar-refractivity contribution in [3.05, 3.63) is 94.2 Å². The van der Waals surface area contributed by atoms with Crippen LogP contribution in [0.1, 0.15) is 0 Å². The number of halogens is 1. The van der Waals surface area contributed by atoms with Crippen LogP contribution in [0.5, 0.6) is 0 Å². The van der Waals surface area contributed by atoms with Gasteiger partial charge >= 0.3 is 0 Å². The Balaban J connectivity index is 1.28. The minimum Gasteiger partial charge on any atom is -0.368 e. The van der Waals surface area contributed by atoms with Gasteiger partial charge in [-0.25, -0.2) is 4.98 Å². The number of para-hydroxylation sites is 2. The van der Waals surface area contributed by atoms with Gasteiger partial charge in [0.25, 0.3) is 5.56 Å². The van der Waals surface area contributed by atoms with Gasteiger partial charge in [0.2, 0.25) is 5.91 Å². The first-order valence-electron chi connectivity index (χ1n) is 12.1. The van der Waals surface area contributed by atoms with E-state index in [-0.39, 0.29) is 17.2 Å². The van der Waals surface area contributed by atoms with Crippen molar-refractivity contribution in [2.24, 2.45) is 0 Å². The highest BCUT2D eigenvalue weighted by molar-refractivity contribution is 7.99. The molecule has 1 N–H and O–H groups in total. The Morgan fingerprint density at radius 1 is 0.919 bits per heavy atom. The number of piperazine rings is 1. The number of nitrogens with one attached hydrogen (secondary N) is 1. The number of thioether (sulfide) groups is 1. The lowest BCUT2D eigenvalue weighted by Crippen LogP contribution is -2.49. The summed E-state index contributed by atoms with van der Waals surface area (Å²) in [5, 5.41) is 1.85. The second kappa shape index (κ2) is 9.95. The standard InChI is InChI=1S/C28H24ClN5O2S/c29-19-7-6-10-21(17-19)34-27(36)26-25(22-11-4-5-12-23(22)30-26)31-28(34)37-18-24(35)33-15-13-32(14-16-33)20-8-2-1-3-9-20/h1-12,17,30H,13-16,18H2. The number of aromatic nitrogens is 3. The molecule has 1 aliphatic rings. The van der Waals surface area contributed by atoms with Crippen LogP contribution in [0.4, 0.5) is 5.69 Å². The van der Waals surface area contributed by atoms with Crippen LogP contribution in [0.25, 0.3) is 27.6 Å². The van der Waals surface area contributed by atoms with E-state index in [0.717, 1.165) is 24.0 Å². The van der Waals surface area contributed by atoms with Crippen molar-refractivity contribution < 1.29 is 4.79 Å². The summed E-state index contributed by atoms with van der Waals surface area (Å²) in [4.78, 5) is 39.1. The molecule has 0 radical (unpaired) electrons. The fourth-order valence-corrected chi connectivity index (χ4v) is 5.85. The molecule has 3 heterocycles. The number of H-pyrrole nitrogens is 1. The van der Waals surface area contributed by atoms with Gasteiger partial charge in [-0.2, -0.15) is 0 Å². The number of carbonyl (C=O) groups is 1. The number of rotatable bonds is 5. The van der Waals surface area contributed by atoms with Crippen LogP contribution in [-0.2, 0) is 4.79 Å². The van der Waals surface area contributed by atoms with Crippen LogP contribution in [-0.4, -0.2) is 57.3 Å². The van der Waals surface area contributed by atoms with Crippen molar-refractivity contribution in [1.29, 1.82) is 0 Å². The molecule has 1 aliphatic heterocycles. The molecule has 9 heteroatoms. The fourth-order valence-electron chi connectivity index (χ4n) is 4.75. The van der Waals surface area contributed by atoms with Gasteiger partial charge < -0.3 is 14.8 Å². The van der Waals surface area contributed by atoms with E-state index in [1.807, 2.05) is 53.4 Å². The summed E-state index contributed by atoms with van der Waals surface area (Å²) in [6.07, 6.45) is 0. The number of anilines is 1. The molecule has 5 aromatic rings. The number of benzene rings is 3. The average Bonchev–Trinajstić information content (AvgIpc) is 3.31. The van der Waals surface area contributed by atoms with Gasteiger partial charge in [0.15, 0.2) is 5.16 Å². The molecule has 37 heavy (non-hydrogen) atoms. The van der Waals surface area contributed by atoms with Crippen molar-refractivity contribution in [3.63, 3.8) is 0 Å². The lowest BCUT2D eigenvalue weighted by Gasteiger charge is -2.36. The molecule has 0 aliphatic carbocycles. The molecule has 0 atom stereocenters. The zero-order valence-corrected chi connectivity index (χ0v) is 21.5. The molecular weight excluding hydrogens is 506 g/mol. The Morgan fingerprint density at radius 3 is 2.43 bits per heavy atom. The number of nitrogens with zero attached hydrogens (tertiary/aromatic N) is 4. The Labute approximate surface area is 222 Å². The first kappa shape index (κ1) is 23.6. The Kier molecular flexibility index (Phi) is 6.36. The number of fused-ring (bicyclic) bond motifs is 3. The predicted octanol–water partition coefficient (Wildman–Crippen LogP) is 4.96. The van der Waals surface area contributed by atoms with Gasteiger partial charge in [-0.05, 0) is 36.4 Å². The quantitative estimate of drug-likeness (QED) is 0.257. The van der Waals surface area contributed by atoms with Gasteiger partial charge in [0.1, 0.15) is 11.0 Å². The molecule has 0 unspecified atom stereocenters. The smallest absolute Gasteiger partial charge is 0.283 e. The predicted molar refractivity (Wildman–Crippen MR) is 150 cm³/mol. The number of carbonyl (C=O) groups excluding carboxylic acids is 1. The highest BCUT2D eigenvalue weighted by Crippen LogP contribution is 2.27. The maximum atomic E-state index is 13.7. The maximum Gasteiger partial charge on any atom is 0.283 e. The minimum atomic E-state index is -0.227. The monoisotopic (exact) mass is 529 g/mol. The Morgan fingerprint density at radius 2 is 1.65 bits per heavy atom. The lowest BCUT2D eigenvalue weighted by molar-refractivity contribution is -0.128. The van der Waals surface area contributed by atoms with E-state index >= 15 is 0 Å². The third kappa shape index (κ3) is 4.58. The van der Waals surface area contributed by atoms with Crippen molar-refractivity contribution in [1.82, 2.24) is 19.4 Å². The van der Waals surface area contributed by atoms with Crippen molar-refractivity contribution in [2.75, 3.05) is 36.8 Å². The largest absolute Gasteiger partial charge is 0.368 e. The van der Waals surface area contributed by atoms with Gasteiger partial charge in [-0.15, -0.1) is 0 Å². The fraction of sp³-hybridized carbons (Fsp3) is 0.179. The average molecular weight is 530 g/mol. The van der Waals surface area contributed by atoms with Crippen LogP contribution in [0.15, 0.2) is 88.8 Å². The normalized spacial score (nSPS) is 14.0. The number of aromatic amines is 1. The summed E-state index contributed by atoms with van der Waals surface area (Å²) in [7, 11) is 0. The van der Waals surface area contributed by atoms with E-state index in [4.69, 9.17) is 16.6 Å². The van der Waals surface area contributed by atoms with Crippen molar-refractivity contribution in [3.8, 4) is 5.69 Å². The third-order valence-electron chi connectivity index (χ3n) is 6.64. The van der Waals surface area contributed by atoms with Gasteiger partial charge in [0, 0.05) is 47.8 Å². The molecule has 186 valence electrons. The zero-order chi connectivity index (χ0) is 25.4. The van der Waals surface area contributed by atoms with Gasteiger partial charge in [-0.1, -0.05) is 65.8 Å². The lowest BCUT2D eigenvalue weighted by atomic mass is 10.2. The van der Waals surface area contributed by atoms with E-state index in [1.165, 1.54) is 22.0 Å². The second-order valence-corrected chi connectivity index (χ2v) is 10.3. The van der Waals surface area contributed by atoms with Crippen molar-refractivity contribution >= 4 is 56.9 Å². The van der Waals surface area contributed by atoms with Crippen LogP contribution < -0.4 is 10.5 Å². The molecule has 7 nitrogen and oxygen atoms in total. The summed E-state index contributed by atoms with van der Waals surface area (Å²) >= 11 is 7.53. The summed E-state index contributed by atoms with van der Waals surface area (Å²) in [5.74, 6) is 0.218. The SMILES string of the molecule is O=C(CSc1nc2c([nH]c3ccccc32)c(=O)n1-c1cccc(Cl)c1)N1CCN(c2ccccc2)CC1. The molecule has 6 rings (SSSR count). The first-order chi connectivity index (χ1) is 18.1. The van der Waals surface area contributed by atoms with E-state index < -0.39 is 0 Å². The third-order valence-corrected chi connectivity index (χ3v) is 7.80. The highest BCUT2D eigenvalue weighted by atomic mass is 35.5. The molecule has 2 aromatic heterocycles. The summed E-state index contributed by atoms with van der Waals surface area (Å²) in [6.45, 7) is 2.88. The topological polar surface area (TPSA) is 74.2 Å². The maximum absolute atomic E-state index is 13.7. The molecule has 1 saturated heterocycles. The zero-order valence-electron chi connectivity index (χ0n) is 19.9. The van der Waals surface area contributed by atoms with Crippen LogP contribution in [0.3, 0.4) is 0 Å². The summed E-state index contributed by atoms with van der Waals surface area (Å²) < 4.78 is 1.54. The van der Waals surface area contributed by atoms with E-state index in [1.54, 1.807) is 18.2 Å². The van der Waals surface area contributed by atoms with Crippen LogP contribution in [0.2, 0.25) is 5.02 Å². The molecule has 0 bridgehead atoms. The van der Waals surface area contributed by atoms with Crippen molar-refractivity contribution in [2.45, 2.75) is 5.16 Å². The highest BCUT2D eigenvalue weighted by Gasteiger charge is 2.23. The molecule has 1 fully saturated rings. The summed E-state index contributed by atoms with van der Waals surface area (Å²) in [6, 6.07) is 25.1. The minimum absolute atomic E-state index is 0.0311. The molecule has 0 spiro atoms. The van der Waals surface area contributed by atoms with E-state index in [2.05, 4.69) is 22.0 Å².